The molecule has 4 aromatic carbocycles. The van der Waals surface area contributed by atoms with Crippen LogP contribution in [0.3, 0.4) is 0 Å². The molecule has 36 heavy (non-hydrogen) atoms. The van der Waals surface area contributed by atoms with E-state index >= 15 is 0 Å². The van der Waals surface area contributed by atoms with Gasteiger partial charge in [-0.25, -0.2) is 0 Å². The van der Waals surface area contributed by atoms with E-state index < -0.39 is 8.07 Å². The van der Waals surface area contributed by atoms with Gasteiger partial charge in [-0.1, -0.05) is 97.9 Å². The first-order valence-corrected chi connectivity index (χ1v) is 15.1. The minimum atomic E-state index is -2.50. The quantitative estimate of drug-likeness (QED) is 0.221. The molecule has 0 amide bonds. The van der Waals surface area contributed by atoms with Crippen LogP contribution in [-0.4, -0.2) is 33.0 Å². The van der Waals surface area contributed by atoms with Gasteiger partial charge in [-0.2, -0.15) is 0 Å². The van der Waals surface area contributed by atoms with Crippen molar-refractivity contribution in [3.63, 3.8) is 0 Å². The van der Waals surface area contributed by atoms with Gasteiger partial charge in [-0.15, -0.1) is 0 Å². The van der Waals surface area contributed by atoms with Crippen molar-refractivity contribution in [3.05, 3.63) is 115 Å². The van der Waals surface area contributed by atoms with Crippen LogP contribution in [0.25, 0.3) is 0 Å². The molecule has 1 aliphatic heterocycles. The maximum absolute atomic E-state index is 7.19. The van der Waals surface area contributed by atoms with Gasteiger partial charge in [0.05, 0.1) is 11.8 Å². The average Bonchev–Trinajstić information content (AvgIpc) is 3.40. The Balaban J connectivity index is 1.54. The van der Waals surface area contributed by atoms with Crippen molar-refractivity contribution < 1.29 is 4.74 Å². The van der Waals surface area contributed by atoms with Crippen molar-refractivity contribution in [1.29, 1.82) is 0 Å². The van der Waals surface area contributed by atoms with Crippen LogP contribution in [0.15, 0.2) is 109 Å². The summed E-state index contributed by atoms with van der Waals surface area (Å²) in [5, 5.41) is 4.20. The van der Waals surface area contributed by atoms with Crippen LogP contribution in [0.1, 0.15) is 25.3 Å². The van der Waals surface area contributed by atoms with Crippen LogP contribution in [0.4, 0.5) is 11.4 Å². The Kier molecular flexibility index (Phi) is 7.26. The minimum absolute atomic E-state index is 0.114. The second-order valence-electron chi connectivity index (χ2n) is 9.84. The van der Waals surface area contributed by atoms with Gasteiger partial charge >= 0.3 is 0 Å². The number of nitrogens with zero attached hydrogens (tertiary/aromatic N) is 1. The fourth-order valence-electron chi connectivity index (χ4n) is 5.83. The normalized spacial score (nSPS) is 16.7. The maximum atomic E-state index is 7.19. The first kappa shape index (κ1) is 24.4. The van der Waals surface area contributed by atoms with Gasteiger partial charge in [-0.3, -0.25) is 0 Å². The summed E-state index contributed by atoms with van der Waals surface area (Å²) < 4.78 is 7.19. The Morgan fingerprint density at radius 1 is 0.833 bits per heavy atom. The van der Waals surface area contributed by atoms with Crippen LogP contribution in [0, 0.1) is 6.92 Å². The van der Waals surface area contributed by atoms with Gasteiger partial charge in [0.2, 0.25) is 0 Å². The fourth-order valence-corrected chi connectivity index (χ4v) is 11.1. The van der Waals surface area contributed by atoms with Crippen LogP contribution in [0.2, 0.25) is 0 Å². The zero-order valence-electron chi connectivity index (χ0n) is 21.3. The molecular formula is C32H36N2OSi. The lowest BCUT2D eigenvalue weighted by Crippen LogP contribution is -2.75. The van der Waals surface area contributed by atoms with E-state index in [2.05, 4.69) is 122 Å². The van der Waals surface area contributed by atoms with Gasteiger partial charge in [-0.05, 0) is 59.1 Å². The zero-order valence-corrected chi connectivity index (χ0v) is 22.3. The standard InChI is InChI=1S/C32H36N2OSi/c1-3-32(35-27-21-22-34(24-27)26-19-20-31(33)25(2)23-26)36(28-13-7-4-8-14-28,29-15-9-5-10-16-29)30-17-11-6-12-18-30/h4-20,23,27,32H,3,21-22,24,33H2,1-2H3. The highest BCUT2D eigenvalue weighted by atomic mass is 28.3. The Labute approximate surface area is 216 Å². The smallest absolute Gasteiger partial charge is 0.179 e. The topological polar surface area (TPSA) is 38.5 Å². The lowest BCUT2D eigenvalue weighted by atomic mass is 10.2. The van der Waals surface area contributed by atoms with Crippen molar-refractivity contribution in [1.82, 2.24) is 0 Å². The number of ether oxygens (including phenoxy) is 1. The Bertz CT molecular complexity index is 1170. The van der Waals surface area contributed by atoms with Crippen molar-refractivity contribution in [2.75, 3.05) is 23.7 Å². The summed E-state index contributed by atoms with van der Waals surface area (Å²) in [6, 6.07) is 39.7. The number of nitrogen functional groups attached to an aromatic ring is 1. The van der Waals surface area contributed by atoms with Gasteiger partial charge in [0.25, 0.3) is 0 Å². The van der Waals surface area contributed by atoms with E-state index in [9.17, 15) is 0 Å². The van der Waals surface area contributed by atoms with Crippen molar-refractivity contribution >= 4 is 35.0 Å². The lowest BCUT2D eigenvalue weighted by Gasteiger charge is -2.41. The summed E-state index contributed by atoms with van der Waals surface area (Å²) in [6.45, 7) is 6.27. The molecule has 0 aliphatic carbocycles. The molecule has 1 fully saturated rings. The summed E-state index contributed by atoms with van der Waals surface area (Å²) in [5.74, 6) is 0. The van der Waals surface area contributed by atoms with E-state index in [-0.39, 0.29) is 11.8 Å². The predicted molar refractivity (Wildman–Crippen MR) is 155 cm³/mol. The third-order valence-electron chi connectivity index (χ3n) is 7.66. The highest BCUT2D eigenvalue weighted by Crippen LogP contribution is 2.28. The highest BCUT2D eigenvalue weighted by Gasteiger charge is 2.47. The Morgan fingerprint density at radius 3 is 1.83 bits per heavy atom. The Morgan fingerprint density at radius 2 is 1.36 bits per heavy atom. The van der Waals surface area contributed by atoms with E-state index in [1.54, 1.807) is 0 Å². The molecule has 184 valence electrons. The largest absolute Gasteiger partial charge is 0.399 e. The monoisotopic (exact) mass is 492 g/mol. The molecule has 0 aromatic heterocycles. The highest BCUT2D eigenvalue weighted by molar-refractivity contribution is 7.12. The SMILES string of the molecule is CCC(OC1CCN(c2ccc(N)c(C)c2)C1)[Si](c1ccccc1)(c1ccccc1)c1ccccc1. The van der Waals surface area contributed by atoms with E-state index in [1.165, 1.54) is 21.2 Å². The second-order valence-corrected chi connectivity index (χ2v) is 13.8. The zero-order chi connectivity index (χ0) is 25.0. The predicted octanol–water partition coefficient (Wildman–Crippen LogP) is 4.66. The van der Waals surface area contributed by atoms with E-state index in [0.29, 0.717) is 0 Å². The number of rotatable bonds is 8. The molecule has 4 heteroatoms. The molecule has 0 saturated carbocycles. The van der Waals surface area contributed by atoms with E-state index in [1.807, 2.05) is 6.07 Å². The summed E-state index contributed by atoms with van der Waals surface area (Å²) >= 11 is 0. The number of anilines is 2. The van der Waals surface area contributed by atoms with Crippen molar-refractivity contribution in [2.24, 2.45) is 0 Å². The molecule has 0 radical (unpaired) electrons. The number of benzene rings is 4. The molecule has 3 nitrogen and oxygen atoms in total. The average molecular weight is 493 g/mol. The summed E-state index contributed by atoms with van der Waals surface area (Å²) in [5.41, 5.74) is 9.40. The Hall–Kier alpha value is -3.34. The molecule has 5 rings (SSSR count). The van der Waals surface area contributed by atoms with Gasteiger partial charge < -0.3 is 15.4 Å². The fraction of sp³-hybridized carbons (Fsp3) is 0.250. The number of hydrogen-bond donors (Lipinski definition) is 1. The molecule has 1 saturated heterocycles. The van der Waals surface area contributed by atoms with Gasteiger partial charge in [0.1, 0.15) is 0 Å². The molecule has 2 atom stereocenters. The van der Waals surface area contributed by atoms with Crippen LogP contribution in [-0.2, 0) is 4.74 Å². The van der Waals surface area contributed by atoms with Gasteiger partial charge in [0, 0.05) is 24.5 Å². The number of hydrogen-bond acceptors (Lipinski definition) is 3. The molecule has 2 unspecified atom stereocenters. The summed E-state index contributed by atoms with van der Waals surface area (Å²) in [7, 11) is -2.50. The molecule has 1 heterocycles. The second kappa shape index (κ2) is 10.7. The molecule has 0 bridgehead atoms. The molecule has 2 N–H and O–H groups in total. The van der Waals surface area contributed by atoms with Crippen molar-refractivity contribution in [3.8, 4) is 0 Å². The van der Waals surface area contributed by atoms with Crippen LogP contribution < -0.4 is 26.2 Å². The molecule has 0 spiro atoms. The molecule has 1 aliphatic rings. The third-order valence-corrected chi connectivity index (χ3v) is 12.9. The summed E-state index contributed by atoms with van der Waals surface area (Å²) in [4.78, 5) is 2.45. The van der Waals surface area contributed by atoms with Crippen LogP contribution in [0.5, 0.6) is 0 Å². The minimum Gasteiger partial charge on any atom is -0.399 e. The van der Waals surface area contributed by atoms with E-state index in [4.69, 9.17) is 10.5 Å². The van der Waals surface area contributed by atoms with Crippen LogP contribution >= 0.6 is 0 Å². The molecular weight excluding hydrogens is 456 g/mol. The molecule has 4 aromatic rings. The van der Waals surface area contributed by atoms with Crippen molar-refractivity contribution in [2.45, 2.75) is 38.5 Å². The number of aryl methyl sites for hydroxylation is 1. The maximum Gasteiger partial charge on any atom is 0.179 e. The first-order valence-electron chi connectivity index (χ1n) is 13.1. The van der Waals surface area contributed by atoms with Gasteiger partial charge in [0.15, 0.2) is 8.07 Å². The summed E-state index contributed by atoms with van der Waals surface area (Å²) in [6.07, 6.45) is 2.18. The first-order chi connectivity index (χ1) is 17.6. The third kappa shape index (κ3) is 4.59. The van der Waals surface area contributed by atoms with E-state index in [0.717, 1.165) is 37.2 Å². The lowest BCUT2D eigenvalue weighted by molar-refractivity contribution is 0.0388. The number of nitrogens with two attached hydrogens (primary N) is 1.